The molecular formula is C26H22N6O5S. The van der Waals surface area contributed by atoms with Crippen LogP contribution in [0.3, 0.4) is 0 Å². The number of carboxylic acids is 1. The van der Waals surface area contributed by atoms with Crippen LogP contribution in [-0.4, -0.2) is 45.3 Å². The summed E-state index contributed by atoms with van der Waals surface area (Å²) < 4.78 is 25.3. The first-order valence-corrected chi connectivity index (χ1v) is 12.4. The Bertz CT molecular complexity index is 1710. The van der Waals surface area contributed by atoms with Crippen LogP contribution in [0.15, 0.2) is 79.0 Å². The monoisotopic (exact) mass is 530 g/mol. The molecule has 0 aliphatic carbocycles. The van der Waals surface area contributed by atoms with Crippen molar-refractivity contribution in [2.45, 2.75) is 12.6 Å². The number of nitrogens with one attached hydrogen (secondary N) is 1. The summed E-state index contributed by atoms with van der Waals surface area (Å²) >= 11 is -2.47. The highest BCUT2D eigenvalue weighted by Gasteiger charge is 2.24. The molecule has 5 rings (SSSR count). The van der Waals surface area contributed by atoms with E-state index < -0.39 is 29.9 Å². The van der Waals surface area contributed by atoms with Crippen LogP contribution in [0.2, 0.25) is 0 Å². The Morgan fingerprint density at radius 1 is 1.11 bits per heavy atom. The highest BCUT2D eigenvalue weighted by Crippen LogP contribution is 2.35. The van der Waals surface area contributed by atoms with E-state index in [4.69, 9.17) is 11.1 Å². The number of hydrogen-bond donors (Lipinski definition) is 5. The largest absolute Gasteiger partial charge is 0.480 e. The van der Waals surface area contributed by atoms with Crippen LogP contribution in [0, 0.1) is 5.41 Å². The SMILES string of the molecule is N=C(N)c1ccc(C(O)c2nc3cc(N(c4cccc5cccnc45)S(=O)O)ccc3n2CC(=O)O)cc1. The number of nitrogens with zero attached hydrogens (tertiary/aromatic N) is 4. The third-order valence-corrected chi connectivity index (χ3v) is 6.78. The lowest BCUT2D eigenvalue weighted by Gasteiger charge is -2.21. The van der Waals surface area contributed by atoms with Crippen molar-refractivity contribution in [2.24, 2.45) is 5.73 Å². The number of nitrogen functional groups attached to an aromatic ring is 1. The minimum atomic E-state index is -2.47. The number of aliphatic carboxylic acids is 1. The van der Waals surface area contributed by atoms with Gasteiger partial charge in [0.05, 0.1) is 27.9 Å². The van der Waals surface area contributed by atoms with Gasteiger partial charge in [-0.05, 0) is 35.9 Å². The molecule has 0 aliphatic rings. The van der Waals surface area contributed by atoms with E-state index in [1.54, 1.807) is 66.9 Å². The number of nitrogens with two attached hydrogens (primary N) is 1. The van der Waals surface area contributed by atoms with Crippen molar-refractivity contribution < 1.29 is 23.8 Å². The second kappa shape index (κ2) is 10.0. The predicted molar refractivity (Wildman–Crippen MR) is 144 cm³/mol. The molecule has 6 N–H and O–H groups in total. The van der Waals surface area contributed by atoms with Crippen molar-refractivity contribution in [3.63, 3.8) is 0 Å². The van der Waals surface area contributed by atoms with Crippen LogP contribution >= 0.6 is 0 Å². The molecule has 2 unspecified atom stereocenters. The summed E-state index contributed by atoms with van der Waals surface area (Å²) in [6.45, 7) is -0.462. The number of pyridine rings is 1. The highest BCUT2D eigenvalue weighted by molar-refractivity contribution is 7.81. The number of rotatable bonds is 8. The van der Waals surface area contributed by atoms with Crippen LogP contribution in [0.4, 0.5) is 11.4 Å². The Morgan fingerprint density at radius 2 is 1.84 bits per heavy atom. The first kappa shape index (κ1) is 25.0. The maximum atomic E-state index is 12.5. The first-order chi connectivity index (χ1) is 18.2. The van der Waals surface area contributed by atoms with Crippen molar-refractivity contribution in [3.8, 4) is 0 Å². The van der Waals surface area contributed by atoms with Crippen molar-refractivity contribution in [2.75, 3.05) is 4.31 Å². The van der Waals surface area contributed by atoms with Gasteiger partial charge in [-0.15, -0.1) is 0 Å². The van der Waals surface area contributed by atoms with Gasteiger partial charge >= 0.3 is 5.97 Å². The predicted octanol–water partition coefficient (Wildman–Crippen LogP) is 3.31. The van der Waals surface area contributed by atoms with Gasteiger partial charge in [0.1, 0.15) is 24.3 Å². The van der Waals surface area contributed by atoms with Gasteiger partial charge in [0, 0.05) is 17.1 Å². The number of imidazole rings is 1. The minimum Gasteiger partial charge on any atom is -0.480 e. The fourth-order valence-electron chi connectivity index (χ4n) is 4.33. The zero-order chi connectivity index (χ0) is 27.0. The normalized spacial score (nSPS) is 12.9. The number of anilines is 2. The Balaban J connectivity index is 1.63. The van der Waals surface area contributed by atoms with Gasteiger partial charge in [0.2, 0.25) is 0 Å². The molecule has 0 saturated carbocycles. The molecule has 11 nitrogen and oxygen atoms in total. The van der Waals surface area contributed by atoms with Crippen LogP contribution in [-0.2, 0) is 22.6 Å². The number of amidine groups is 1. The van der Waals surface area contributed by atoms with Crippen LogP contribution in [0.5, 0.6) is 0 Å². The summed E-state index contributed by atoms with van der Waals surface area (Å²) in [5.41, 5.74) is 8.40. The molecule has 0 fully saturated rings. The number of carboxylic acid groups (broad SMARTS) is 1. The molecule has 5 aromatic rings. The van der Waals surface area contributed by atoms with Gasteiger partial charge < -0.3 is 20.5 Å². The maximum Gasteiger partial charge on any atom is 0.323 e. The molecule has 38 heavy (non-hydrogen) atoms. The van der Waals surface area contributed by atoms with Gasteiger partial charge in [-0.2, -0.15) is 0 Å². The van der Waals surface area contributed by atoms with Crippen LogP contribution in [0.25, 0.3) is 21.9 Å². The van der Waals surface area contributed by atoms with E-state index in [0.717, 1.165) is 5.39 Å². The van der Waals surface area contributed by atoms with Crippen molar-refractivity contribution >= 4 is 56.4 Å². The van der Waals surface area contributed by atoms with E-state index in [9.17, 15) is 23.8 Å². The lowest BCUT2D eigenvalue weighted by molar-refractivity contribution is -0.137. The van der Waals surface area contributed by atoms with E-state index in [-0.39, 0.29) is 11.7 Å². The van der Waals surface area contributed by atoms with E-state index in [2.05, 4.69) is 9.97 Å². The number of para-hydroxylation sites is 1. The second-order valence-electron chi connectivity index (χ2n) is 8.44. The molecule has 2 atom stereocenters. The molecule has 0 spiro atoms. The third kappa shape index (κ3) is 4.59. The molecule has 192 valence electrons. The molecule has 0 aliphatic heterocycles. The van der Waals surface area contributed by atoms with E-state index in [0.29, 0.717) is 39.1 Å². The van der Waals surface area contributed by atoms with Gasteiger partial charge in [-0.1, -0.05) is 42.5 Å². The Kier molecular flexibility index (Phi) is 6.59. The van der Waals surface area contributed by atoms with Gasteiger partial charge in [0.25, 0.3) is 11.3 Å². The minimum absolute atomic E-state index is 0.0821. The maximum absolute atomic E-state index is 12.5. The summed E-state index contributed by atoms with van der Waals surface area (Å²) in [6, 6.07) is 19.9. The lowest BCUT2D eigenvalue weighted by atomic mass is 10.1. The molecule has 3 aromatic carbocycles. The van der Waals surface area contributed by atoms with E-state index in [1.165, 1.54) is 8.87 Å². The number of aromatic nitrogens is 3. The molecule has 0 saturated heterocycles. The fourth-order valence-corrected chi connectivity index (χ4v) is 4.94. The van der Waals surface area contributed by atoms with E-state index >= 15 is 0 Å². The molecular weight excluding hydrogens is 508 g/mol. The topological polar surface area (TPSA) is 179 Å². The molecule has 2 heterocycles. The Hall–Kier alpha value is -4.65. The second-order valence-corrected chi connectivity index (χ2v) is 9.27. The zero-order valence-electron chi connectivity index (χ0n) is 19.7. The molecule has 12 heteroatoms. The first-order valence-electron chi connectivity index (χ1n) is 11.3. The van der Waals surface area contributed by atoms with E-state index in [1.807, 2.05) is 12.1 Å². The number of aliphatic hydroxyl groups excluding tert-OH is 1. The average molecular weight is 531 g/mol. The molecule has 0 radical (unpaired) electrons. The standard InChI is InChI=1S/C26H22N6O5S/c27-25(28)17-8-6-16(7-9-17)24(35)26-30-19-13-18(10-11-20(19)31(26)14-22(33)34)32(38(36)37)21-5-1-3-15-4-2-12-29-23(15)21/h1-13,24,35H,14H2,(H3,27,28)(H,33,34)(H,36,37). The summed E-state index contributed by atoms with van der Waals surface area (Å²) in [5.74, 6) is -1.17. The van der Waals surface area contributed by atoms with Crippen molar-refractivity contribution in [1.82, 2.24) is 14.5 Å². The number of fused-ring (bicyclic) bond motifs is 2. The van der Waals surface area contributed by atoms with Gasteiger partial charge in [-0.25, -0.2) is 13.5 Å². The molecule has 2 aromatic heterocycles. The molecule has 0 bridgehead atoms. The van der Waals surface area contributed by atoms with Gasteiger partial charge in [0.15, 0.2) is 0 Å². The average Bonchev–Trinajstić information content (AvgIpc) is 3.25. The summed E-state index contributed by atoms with van der Waals surface area (Å²) in [6.07, 6.45) is 0.314. The fraction of sp³-hybridized carbons (Fsp3) is 0.0769. The van der Waals surface area contributed by atoms with Crippen molar-refractivity contribution in [3.05, 3.63) is 95.9 Å². The lowest BCUT2D eigenvalue weighted by Crippen LogP contribution is -2.19. The quantitative estimate of drug-likeness (QED) is 0.115. The number of aliphatic hydroxyl groups is 1. The zero-order valence-corrected chi connectivity index (χ0v) is 20.5. The number of benzene rings is 3. The third-order valence-electron chi connectivity index (χ3n) is 6.06. The van der Waals surface area contributed by atoms with Gasteiger partial charge in [-0.3, -0.25) is 19.7 Å². The summed E-state index contributed by atoms with van der Waals surface area (Å²) in [7, 11) is 0. The summed E-state index contributed by atoms with van der Waals surface area (Å²) in [5, 5.41) is 29.0. The number of carbonyl (C=O) groups is 1. The molecule has 0 amide bonds. The Morgan fingerprint density at radius 3 is 2.53 bits per heavy atom. The van der Waals surface area contributed by atoms with Crippen molar-refractivity contribution in [1.29, 1.82) is 5.41 Å². The number of hydrogen-bond acceptors (Lipinski definition) is 6. The summed E-state index contributed by atoms with van der Waals surface area (Å²) in [4.78, 5) is 20.5. The van der Waals surface area contributed by atoms with Crippen LogP contribution in [0.1, 0.15) is 23.1 Å². The Labute approximate surface area is 218 Å². The van der Waals surface area contributed by atoms with Crippen LogP contribution < -0.4 is 10.0 Å². The highest BCUT2D eigenvalue weighted by atomic mass is 32.2. The smallest absolute Gasteiger partial charge is 0.323 e.